The first-order valence-corrected chi connectivity index (χ1v) is 8.62. The van der Waals surface area contributed by atoms with Gasteiger partial charge in [0.1, 0.15) is 5.54 Å². The number of likely N-dealkylation sites (tertiary alicyclic amines) is 1. The molecule has 4 heteroatoms. The van der Waals surface area contributed by atoms with Crippen molar-refractivity contribution in [2.24, 2.45) is 11.8 Å². The van der Waals surface area contributed by atoms with Crippen molar-refractivity contribution < 1.29 is 9.53 Å². The van der Waals surface area contributed by atoms with Crippen molar-refractivity contribution in [3.63, 3.8) is 0 Å². The van der Waals surface area contributed by atoms with Crippen LogP contribution in [0.4, 0.5) is 0 Å². The summed E-state index contributed by atoms with van der Waals surface area (Å²) >= 11 is 0. The molecule has 21 heavy (non-hydrogen) atoms. The predicted octanol–water partition coefficient (Wildman–Crippen LogP) is 2.43. The molecule has 4 atom stereocenters. The summed E-state index contributed by atoms with van der Waals surface area (Å²) in [5.41, 5.74) is -0.467. The van der Waals surface area contributed by atoms with Crippen molar-refractivity contribution in [1.82, 2.24) is 10.2 Å². The van der Waals surface area contributed by atoms with Crippen molar-refractivity contribution >= 4 is 5.97 Å². The Hall–Kier alpha value is -0.610. The number of rotatable bonds is 4. The summed E-state index contributed by atoms with van der Waals surface area (Å²) in [4.78, 5) is 15.0. The molecule has 1 N–H and O–H groups in total. The van der Waals surface area contributed by atoms with Crippen LogP contribution in [0.3, 0.4) is 0 Å². The SMILES string of the molecule is CCOC(=O)C1(NC)CCCC(N2CCC(C)C(C)C2)C1. The maximum atomic E-state index is 12.4. The molecule has 1 heterocycles. The number of carbonyl (C=O) groups is 1. The molecule has 4 unspecified atom stereocenters. The molecule has 1 aliphatic carbocycles. The molecule has 0 bridgehead atoms. The van der Waals surface area contributed by atoms with Crippen molar-refractivity contribution in [2.45, 2.75) is 64.5 Å². The smallest absolute Gasteiger partial charge is 0.326 e. The Balaban J connectivity index is 2.03. The van der Waals surface area contributed by atoms with E-state index in [0.717, 1.165) is 31.1 Å². The first-order chi connectivity index (χ1) is 10.0. The zero-order chi connectivity index (χ0) is 15.5. The largest absolute Gasteiger partial charge is 0.465 e. The molecule has 2 rings (SSSR count). The minimum atomic E-state index is -0.467. The number of hydrogen-bond donors (Lipinski definition) is 1. The molecule has 0 aromatic carbocycles. The summed E-state index contributed by atoms with van der Waals surface area (Å²) < 4.78 is 5.33. The van der Waals surface area contributed by atoms with Crippen LogP contribution in [-0.4, -0.2) is 49.2 Å². The number of nitrogens with zero attached hydrogens (tertiary/aromatic N) is 1. The summed E-state index contributed by atoms with van der Waals surface area (Å²) in [6, 6.07) is 0.519. The van der Waals surface area contributed by atoms with Crippen molar-refractivity contribution in [2.75, 3.05) is 26.7 Å². The second kappa shape index (κ2) is 7.10. The summed E-state index contributed by atoms with van der Waals surface area (Å²) in [6.07, 6.45) is 5.39. The fourth-order valence-corrected chi connectivity index (χ4v) is 3.97. The van der Waals surface area contributed by atoms with Crippen LogP contribution in [-0.2, 0) is 9.53 Å². The van der Waals surface area contributed by atoms with E-state index in [1.165, 1.54) is 25.9 Å². The number of nitrogens with one attached hydrogen (secondary N) is 1. The normalized spacial score (nSPS) is 38.2. The Morgan fingerprint density at radius 3 is 2.71 bits per heavy atom. The van der Waals surface area contributed by atoms with E-state index >= 15 is 0 Å². The Morgan fingerprint density at radius 1 is 1.33 bits per heavy atom. The summed E-state index contributed by atoms with van der Waals surface area (Å²) in [7, 11) is 1.90. The minimum absolute atomic E-state index is 0.0596. The van der Waals surface area contributed by atoms with Gasteiger partial charge < -0.3 is 15.0 Å². The van der Waals surface area contributed by atoms with Gasteiger partial charge in [0.05, 0.1) is 6.61 Å². The average Bonchev–Trinajstić information content (AvgIpc) is 2.50. The predicted molar refractivity (Wildman–Crippen MR) is 85.2 cm³/mol. The average molecular weight is 296 g/mol. The molecule has 2 fully saturated rings. The topological polar surface area (TPSA) is 41.6 Å². The zero-order valence-electron chi connectivity index (χ0n) is 14.2. The van der Waals surface area contributed by atoms with Gasteiger partial charge in [-0.25, -0.2) is 0 Å². The van der Waals surface area contributed by atoms with E-state index in [1.54, 1.807) is 0 Å². The van der Waals surface area contributed by atoms with Crippen LogP contribution in [0.15, 0.2) is 0 Å². The van der Waals surface area contributed by atoms with E-state index in [0.29, 0.717) is 12.6 Å². The van der Waals surface area contributed by atoms with Gasteiger partial charge in [0.2, 0.25) is 0 Å². The van der Waals surface area contributed by atoms with E-state index in [-0.39, 0.29) is 5.97 Å². The number of esters is 1. The van der Waals surface area contributed by atoms with Gasteiger partial charge in [0, 0.05) is 12.6 Å². The molecule has 4 nitrogen and oxygen atoms in total. The second-order valence-corrected chi connectivity index (χ2v) is 7.04. The first-order valence-electron chi connectivity index (χ1n) is 8.62. The molecule has 0 aromatic rings. The molecule has 1 saturated heterocycles. The molecule has 122 valence electrons. The van der Waals surface area contributed by atoms with Crippen LogP contribution >= 0.6 is 0 Å². The molecule has 0 spiro atoms. The van der Waals surface area contributed by atoms with Gasteiger partial charge in [-0.15, -0.1) is 0 Å². The van der Waals surface area contributed by atoms with Crippen LogP contribution in [0.1, 0.15) is 52.9 Å². The molecule has 0 radical (unpaired) electrons. The number of carbonyl (C=O) groups excluding carboxylic acids is 1. The lowest BCUT2D eigenvalue weighted by Gasteiger charge is -2.46. The van der Waals surface area contributed by atoms with Crippen LogP contribution < -0.4 is 5.32 Å². The Bertz CT molecular complexity index is 361. The quantitative estimate of drug-likeness (QED) is 0.809. The lowest BCUT2D eigenvalue weighted by molar-refractivity contribution is -0.153. The maximum absolute atomic E-state index is 12.4. The second-order valence-electron chi connectivity index (χ2n) is 7.04. The van der Waals surface area contributed by atoms with E-state index in [4.69, 9.17) is 4.74 Å². The van der Waals surface area contributed by atoms with Crippen molar-refractivity contribution in [3.8, 4) is 0 Å². The molecule has 2 aliphatic rings. The third kappa shape index (κ3) is 3.59. The lowest BCUT2D eigenvalue weighted by Crippen LogP contribution is -2.59. The number of hydrogen-bond acceptors (Lipinski definition) is 4. The number of ether oxygens (including phenoxy) is 1. The highest BCUT2D eigenvalue weighted by molar-refractivity contribution is 5.81. The maximum Gasteiger partial charge on any atom is 0.326 e. The van der Waals surface area contributed by atoms with Gasteiger partial charge in [0.15, 0.2) is 0 Å². The molecular formula is C17H32N2O2. The van der Waals surface area contributed by atoms with Crippen LogP contribution in [0, 0.1) is 11.8 Å². The molecule has 0 amide bonds. The van der Waals surface area contributed by atoms with E-state index in [2.05, 4.69) is 24.1 Å². The van der Waals surface area contributed by atoms with Crippen molar-refractivity contribution in [3.05, 3.63) is 0 Å². The van der Waals surface area contributed by atoms with Crippen LogP contribution in [0.2, 0.25) is 0 Å². The standard InChI is InChI=1S/C17H32N2O2/c1-5-21-16(20)17(18-4)9-6-7-15(11-17)19-10-8-13(2)14(3)12-19/h13-15,18H,5-12H2,1-4H3. The minimum Gasteiger partial charge on any atom is -0.465 e. The van der Waals surface area contributed by atoms with Gasteiger partial charge in [-0.3, -0.25) is 4.79 Å². The van der Waals surface area contributed by atoms with Gasteiger partial charge in [-0.1, -0.05) is 13.8 Å². The van der Waals surface area contributed by atoms with Gasteiger partial charge >= 0.3 is 5.97 Å². The first kappa shape index (κ1) is 16.8. The third-order valence-electron chi connectivity index (χ3n) is 5.75. The van der Waals surface area contributed by atoms with E-state index in [9.17, 15) is 4.79 Å². The number of likely N-dealkylation sites (N-methyl/N-ethyl adjacent to an activating group) is 1. The Labute approximate surface area is 129 Å². The fraction of sp³-hybridized carbons (Fsp3) is 0.941. The summed E-state index contributed by atoms with van der Waals surface area (Å²) in [5.74, 6) is 1.52. The van der Waals surface area contributed by atoms with Crippen molar-refractivity contribution in [1.29, 1.82) is 0 Å². The third-order valence-corrected chi connectivity index (χ3v) is 5.75. The summed E-state index contributed by atoms with van der Waals surface area (Å²) in [6.45, 7) is 9.42. The molecule has 1 aliphatic heterocycles. The highest BCUT2D eigenvalue weighted by atomic mass is 16.5. The Kier molecular flexibility index (Phi) is 5.67. The van der Waals surface area contributed by atoms with E-state index < -0.39 is 5.54 Å². The number of piperidine rings is 1. The van der Waals surface area contributed by atoms with Crippen LogP contribution in [0.25, 0.3) is 0 Å². The van der Waals surface area contributed by atoms with E-state index in [1.807, 2.05) is 14.0 Å². The lowest BCUT2D eigenvalue weighted by atomic mass is 9.77. The molecule has 1 saturated carbocycles. The molecule has 0 aromatic heterocycles. The Morgan fingerprint density at radius 2 is 2.10 bits per heavy atom. The highest BCUT2D eigenvalue weighted by Gasteiger charge is 2.44. The van der Waals surface area contributed by atoms with Gasteiger partial charge in [0.25, 0.3) is 0 Å². The summed E-state index contributed by atoms with van der Waals surface area (Å²) in [5, 5.41) is 3.29. The fourth-order valence-electron chi connectivity index (χ4n) is 3.97. The van der Waals surface area contributed by atoms with Crippen LogP contribution in [0.5, 0.6) is 0 Å². The highest BCUT2D eigenvalue weighted by Crippen LogP contribution is 2.35. The van der Waals surface area contributed by atoms with Gasteiger partial charge in [-0.2, -0.15) is 0 Å². The zero-order valence-corrected chi connectivity index (χ0v) is 14.2. The molecular weight excluding hydrogens is 264 g/mol. The van der Waals surface area contributed by atoms with Gasteiger partial charge in [-0.05, 0) is 64.5 Å². The monoisotopic (exact) mass is 296 g/mol.